The van der Waals surface area contributed by atoms with Gasteiger partial charge in [0.15, 0.2) is 5.76 Å². The predicted octanol–water partition coefficient (Wildman–Crippen LogP) is 4.12. The van der Waals surface area contributed by atoms with Gasteiger partial charge < -0.3 is 19.4 Å². The first kappa shape index (κ1) is 18.5. The molecular formula is C21H19ClN2O4. The second-order valence-corrected chi connectivity index (χ2v) is 7.04. The van der Waals surface area contributed by atoms with Crippen molar-refractivity contribution in [1.82, 2.24) is 4.90 Å². The van der Waals surface area contributed by atoms with Crippen molar-refractivity contribution in [3.63, 3.8) is 0 Å². The number of morpholine rings is 1. The minimum atomic E-state index is -0.410. The molecule has 6 nitrogen and oxygen atoms in total. The van der Waals surface area contributed by atoms with Gasteiger partial charge in [0.05, 0.1) is 24.5 Å². The molecular weight excluding hydrogens is 380 g/mol. The fourth-order valence-corrected chi connectivity index (χ4v) is 3.48. The van der Waals surface area contributed by atoms with Gasteiger partial charge in [-0.2, -0.15) is 0 Å². The van der Waals surface area contributed by atoms with Crippen molar-refractivity contribution in [1.29, 1.82) is 0 Å². The number of hydrogen-bond acceptors (Lipinski definition) is 4. The third-order valence-electron chi connectivity index (χ3n) is 4.81. The van der Waals surface area contributed by atoms with E-state index in [1.807, 2.05) is 6.92 Å². The number of benzene rings is 2. The Morgan fingerprint density at radius 1 is 1.11 bits per heavy atom. The number of ether oxygens (including phenoxy) is 1. The number of furan rings is 1. The van der Waals surface area contributed by atoms with Crippen LogP contribution in [0.2, 0.25) is 5.02 Å². The fourth-order valence-electron chi connectivity index (χ4n) is 3.30. The van der Waals surface area contributed by atoms with E-state index in [0.29, 0.717) is 53.7 Å². The molecule has 4 rings (SSSR count). The van der Waals surface area contributed by atoms with E-state index >= 15 is 0 Å². The summed E-state index contributed by atoms with van der Waals surface area (Å²) in [7, 11) is 0. The molecule has 2 aromatic carbocycles. The van der Waals surface area contributed by atoms with E-state index in [1.54, 1.807) is 47.4 Å². The fraction of sp³-hybridized carbons (Fsp3) is 0.238. The molecule has 7 heteroatoms. The molecule has 1 saturated heterocycles. The van der Waals surface area contributed by atoms with E-state index in [1.165, 1.54) is 0 Å². The van der Waals surface area contributed by atoms with Crippen LogP contribution >= 0.6 is 11.6 Å². The molecule has 1 aliphatic heterocycles. The first-order valence-electron chi connectivity index (χ1n) is 9.00. The number of hydrogen-bond donors (Lipinski definition) is 1. The van der Waals surface area contributed by atoms with Gasteiger partial charge >= 0.3 is 0 Å². The van der Waals surface area contributed by atoms with E-state index < -0.39 is 5.91 Å². The molecule has 2 heterocycles. The van der Waals surface area contributed by atoms with Gasteiger partial charge in [-0.3, -0.25) is 9.59 Å². The number of amides is 2. The van der Waals surface area contributed by atoms with Crippen LogP contribution < -0.4 is 5.32 Å². The van der Waals surface area contributed by atoms with Crippen LogP contribution in [-0.2, 0) is 4.74 Å². The first-order chi connectivity index (χ1) is 13.5. The third kappa shape index (κ3) is 3.48. The first-order valence-corrected chi connectivity index (χ1v) is 9.38. The van der Waals surface area contributed by atoms with Crippen LogP contribution in [0, 0.1) is 6.92 Å². The number of rotatable bonds is 3. The standard InChI is InChI=1S/C21H19ClN2O4/c1-13-16-12-14(22)6-7-18(16)28-19(13)20(25)23-17-5-3-2-4-15(17)21(26)24-8-10-27-11-9-24/h2-7,12H,8-11H2,1H3,(H,23,25). The maximum Gasteiger partial charge on any atom is 0.291 e. The Bertz CT molecular complexity index is 1050. The summed E-state index contributed by atoms with van der Waals surface area (Å²) in [6.45, 7) is 3.90. The molecule has 144 valence electrons. The molecule has 1 fully saturated rings. The maximum atomic E-state index is 12.9. The third-order valence-corrected chi connectivity index (χ3v) is 5.04. The summed E-state index contributed by atoms with van der Waals surface area (Å²) in [6, 6.07) is 12.2. The lowest BCUT2D eigenvalue weighted by atomic mass is 10.1. The Morgan fingerprint density at radius 2 is 1.86 bits per heavy atom. The van der Waals surface area contributed by atoms with Crippen molar-refractivity contribution in [2.45, 2.75) is 6.92 Å². The second-order valence-electron chi connectivity index (χ2n) is 6.60. The summed E-state index contributed by atoms with van der Waals surface area (Å²) >= 11 is 6.05. The van der Waals surface area contributed by atoms with Crippen molar-refractivity contribution in [3.8, 4) is 0 Å². The van der Waals surface area contributed by atoms with Gasteiger partial charge in [0.1, 0.15) is 5.58 Å². The zero-order chi connectivity index (χ0) is 19.7. The van der Waals surface area contributed by atoms with Gasteiger partial charge in [-0.15, -0.1) is 0 Å². The maximum absolute atomic E-state index is 12.9. The minimum absolute atomic E-state index is 0.132. The Labute approximate surface area is 167 Å². The highest BCUT2D eigenvalue weighted by Crippen LogP contribution is 2.29. The molecule has 0 atom stereocenters. The number of carbonyl (C=O) groups excluding carboxylic acids is 2. The van der Waals surface area contributed by atoms with Crippen LogP contribution in [0.1, 0.15) is 26.5 Å². The van der Waals surface area contributed by atoms with Crippen molar-refractivity contribution >= 4 is 40.1 Å². The van der Waals surface area contributed by atoms with Crippen LogP contribution in [0.4, 0.5) is 5.69 Å². The summed E-state index contributed by atoms with van der Waals surface area (Å²) in [5.74, 6) is -0.342. The number of anilines is 1. The molecule has 0 spiro atoms. The van der Waals surface area contributed by atoms with E-state index in [9.17, 15) is 9.59 Å². The Morgan fingerprint density at radius 3 is 2.64 bits per heavy atom. The number of fused-ring (bicyclic) bond motifs is 1. The molecule has 2 amide bonds. The predicted molar refractivity (Wildman–Crippen MR) is 107 cm³/mol. The molecule has 1 aliphatic rings. The Kier molecular flexibility index (Phi) is 5.07. The van der Waals surface area contributed by atoms with Gasteiger partial charge in [-0.1, -0.05) is 23.7 Å². The van der Waals surface area contributed by atoms with Crippen LogP contribution in [0.25, 0.3) is 11.0 Å². The second kappa shape index (κ2) is 7.66. The normalized spacial score (nSPS) is 14.3. The van der Waals surface area contributed by atoms with Crippen molar-refractivity contribution in [2.75, 3.05) is 31.6 Å². The van der Waals surface area contributed by atoms with Crippen molar-refractivity contribution < 1.29 is 18.7 Å². The molecule has 0 saturated carbocycles. The molecule has 0 bridgehead atoms. The van der Waals surface area contributed by atoms with Crippen LogP contribution in [-0.4, -0.2) is 43.0 Å². The Hall–Kier alpha value is -2.83. The largest absolute Gasteiger partial charge is 0.451 e. The number of halogens is 1. The number of carbonyl (C=O) groups is 2. The highest BCUT2D eigenvalue weighted by Gasteiger charge is 2.23. The monoisotopic (exact) mass is 398 g/mol. The van der Waals surface area contributed by atoms with Crippen LogP contribution in [0.3, 0.4) is 0 Å². The lowest BCUT2D eigenvalue weighted by molar-refractivity contribution is 0.0303. The molecule has 1 aromatic heterocycles. The molecule has 28 heavy (non-hydrogen) atoms. The highest BCUT2D eigenvalue weighted by molar-refractivity contribution is 6.31. The summed E-state index contributed by atoms with van der Waals surface area (Å²) in [6.07, 6.45) is 0. The summed E-state index contributed by atoms with van der Waals surface area (Å²) in [5, 5.41) is 4.18. The Balaban J connectivity index is 1.62. The van der Waals surface area contributed by atoms with Gasteiger partial charge in [0.2, 0.25) is 0 Å². The number of para-hydroxylation sites is 1. The van der Waals surface area contributed by atoms with Gasteiger partial charge in [0.25, 0.3) is 11.8 Å². The summed E-state index contributed by atoms with van der Waals surface area (Å²) in [5.41, 5.74) is 2.17. The molecule has 3 aromatic rings. The van der Waals surface area contributed by atoms with Gasteiger partial charge in [-0.05, 0) is 37.3 Å². The zero-order valence-corrected chi connectivity index (χ0v) is 16.1. The number of nitrogens with zero attached hydrogens (tertiary/aromatic N) is 1. The van der Waals surface area contributed by atoms with Crippen molar-refractivity contribution in [3.05, 3.63) is 64.4 Å². The average Bonchev–Trinajstić information content (AvgIpc) is 3.05. The lowest BCUT2D eigenvalue weighted by Gasteiger charge is -2.27. The number of aryl methyl sites for hydroxylation is 1. The van der Waals surface area contributed by atoms with Crippen LogP contribution in [0.5, 0.6) is 0 Å². The van der Waals surface area contributed by atoms with Crippen LogP contribution in [0.15, 0.2) is 46.9 Å². The highest BCUT2D eigenvalue weighted by atomic mass is 35.5. The quantitative estimate of drug-likeness (QED) is 0.720. The smallest absolute Gasteiger partial charge is 0.291 e. The average molecular weight is 399 g/mol. The van der Waals surface area contributed by atoms with Crippen molar-refractivity contribution in [2.24, 2.45) is 0 Å². The molecule has 0 unspecified atom stereocenters. The zero-order valence-electron chi connectivity index (χ0n) is 15.3. The molecule has 0 radical (unpaired) electrons. The number of nitrogens with one attached hydrogen (secondary N) is 1. The van der Waals surface area contributed by atoms with Gasteiger partial charge in [-0.25, -0.2) is 0 Å². The SMILES string of the molecule is Cc1c(C(=O)Nc2ccccc2C(=O)N2CCOCC2)oc2ccc(Cl)cc12. The van der Waals surface area contributed by atoms with E-state index in [2.05, 4.69) is 5.32 Å². The topological polar surface area (TPSA) is 71.8 Å². The van der Waals surface area contributed by atoms with E-state index in [4.69, 9.17) is 20.8 Å². The lowest BCUT2D eigenvalue weighted by Crippen LogP contribution is -2.41. The molecule has 0 aliphatic carbocycles. The minimum Gasteiger partial charge on any atom is -0.451 e. The van der Waals surface area contributed by atoms with E-state index in [-0.39, 0.29) is 11.7 Å². The molecule has 1 N–H and O–H groups in total. The van der Waals surface area contributed by atoms with Gasteiger partial charge in [0, 0.05) is 29.1 Å². The van der Waals surface area contributed by atoms with E-state index in [0.717, 1.165) is 5.39 Å². The summed E-state index contributed by atoms with van der Waals surface area (Å²) in [4.78, 5) is 27.4. The summed E-state index contributed by atoms with van der Waals surface area (Å²) < 4.78 is 11.0.